The maximum absolute atomic E-state index is 12.1. The number of hydrogen-bond donors (Lipinski definition) is 2. The van der Waals surface area contributed by atoms with Crippen LogP contribution >= 0.6 is 0 Å². The van der Waals surface area contributed by atoms with Crippen molar-refractivity contribution in [2.75, 3.05) is 39.3 Å². The molecule has 1 aromatic carbocycles. The van der Waals surface area contributed by atoms with Gasteiger partial charge < -0.3 is 15.0 Å². The van der Waals surface area contributed by atoms with E-state index in [1.165, 1.54) is 10.5 Å². The normalized spacial score (nSPS) is 15.3. The van der Waals surface area contributed by atoms with Gasteiger partial charge >= 0.3 is 6.09 Å². The van der Waals surface area contributed by atoms with Crippen LogP contribution in [-0.4, -0.2) is 56.2 Å². The molecule has 0 atom stereocenters. The summed E-state index contributed by atoms with van der Waals surface area (Å²) in [4.78, 5) is 26.6. The van der Waals surface area contributed by atoms with Crippen LogP contribution in [0.4, 0.5) is 4.79 Å². The average Bonchev–Trinajstić information content (AvgIpc) is 2.55. The maximum atomic E-state index is 12.1. The van der Waals surface area contributed by atoms with Crippen molar-refractivity contribution in [3.05, 3.63) is 35.4 Å². The number of amides is 2. The minimum atomic E-state index is -0.254. The van der Waals surface area contributed by atoms with Gasteiger partial charge in [0, 0.05) is 6.54 Å². The lowest BCUT2D eigenvalue weighted by Gasteiger charge is -2.31. The molecule has 1 aliphatic heterocycles. The van der Waals surface area contributed by atoms with Crippen molar-refractivity contribution < 1.29 is 19.2 Å². The quantitative estimate of drug-likeness (QED) is 0.801. The molecule has 1 heterocycles. The highest BCUT2D eigenvalue weighted by Crippen LogP contribution is 2.05. The van der Waals surface area contributed by atoms with E-state index in [0.29, 0.717) is 32.8 Å². The van der Waals surface area contributed by atoms with E-state index >= 15 is 0 Å². The van der Waals surface area contributed by atoms with Gasteiger partial charge in [0.1, 0.15) is 0 Å². The number of ether oxygens (including phenoxy) is 1. The monoisotopic (exact) mass is 320 g/mol. The summed E-state index contributed by atoms with van der Waals surface area (Å²) in [7, 11) is 0. The number of rotatable bonds is 5. The van der Waals surface area contributed by atoms with Crippen molar-refractivity contribution in [1.82, 2.24) is 10.2 Å². The highest BCUT2D eigenvalue weighted by atomic mass is 16.6. The Morgan fingerprint density at radius 3 is 2.61 bits per heavy atom. The van der Waals surface area contributed by atoms with Gasteiger partial charge in [0.2, 0.25) is 0 Å². The standard InChI is InChI=1S/C17H25N3O3/c1-3-23-17(22)20-10-8-19(9-11-20)13-16(21)18-12-15-7-5-4-6-14(15)2/h4-7H,3,8-13H2,1-2H3,(H,18,21)/p+1. The number of quaternary nitrogens is 1. The third-order valence-electron chi connectivity index (χ3n) is 4.14. The van der Waals surface area contributed by atoms with Crippen molar-refractivity contribution >= 4 is 12.0 Å². The Balaban J connectivity index is 1.71. The smallest absolute Gasteiger partial charge is 0.410 e. The zero-order valence-corrected chi connectivity index (χ0v) is 13.9. The van der Waals surface area contributed by atoms with Gasteiger partial charge in [-0.05, 0) is 25.0 Å². The Morgan fingerprint density at radius 1 is 1.26 bits per heavy atom. The van der Waals surface area contributed by atoms with Crippen LogP contribution in [-0.2, 0) is 16.1 Å². The SMILES string of the molecule is CCOC(=O)N1CC[NH+](CC(=O)NCc2ccccc2C)CC1. The van der Waals surface area contributed by atoms with Crippen LogP contribution in [0.5, 0.6) is 0 Å². The van der Waals surface area contributed by atoms with Crippen molar-refractivity contribution in [1.29, 1.82) is 0 Å². The molecular formula is C17H26N3O3+. The van der Waals surface area contributed by atoms with Crippen molar-refractivity contribution in [2.45, 2.75) is 20.4 Å². The van der Waals surface area contributed by atoms with Crippen LogP contribution in [0.1, 0.15) is 18.1 Å². The molecule has 126 valence electrons. The molecule has 1 aromatic rings. The van der Waals surface area contributed by atoms with Gasteiger partial charge in [-0.3, -0.25) is 9.69 Å². The fourth-order valence-corrected chi connectivity index (χ4v) is 2.69. The van der Waals surface area contributed by atoms with Crippen molar-refractivity contribution in [3.63, 3.8) is 0 Å². The van der Waals surface area contributed by atoms with Gasteiger partial charge in [0.05, 0.1) is 32.8 Å². The fourth-order valence-electron chi connectivity index (χ4n) is 2.69. The minimum Gasteiger partial charge on any atom is -0.450 e. The molecule has 0 aromatic heterocycles. The lowest BCUT2D eigenvalue weighted by atomic mass is 10.1. The first-order valence-corrected chi connectivity index (χ1v) is 8.16. The summed E-state index contributed by atoms with van der Waals surface area (Å²) in [5.41, 5.74) is 2.33. The fraction of sp³-hybridized carbons (Fsp3) is 0.529. The molecule has 2 amide bonds. The van der Waals surface area contributed by atoms with Crippen LogP contribution in [0.25, 0.3) is 0 Å². The molecule has 0 spiro atoms. The van der Waals surface area contributed by atoms with Gasteiger partial charge in [-0.15, -0.1) is 0 Å². The third-order valence-corrected chi connectivity index (χ3v) is 4.14. The van der Waals surface area contributed by atoms with E-state index in [2.05, 4.69) is 5.32 Å². The Morgan fingerprint density at radius 2 is 1.96 bits per heavy atom. The summed E-state index contributed by atoms with van der Waals surface area (Å²) in [6.45, 7) is 8.08. The molecule has 0 unspecified atom stereocenters. The Labute approximate surface area is 137 Å². The van der Waals surface area contributed by atoms with Crippen LogP contribution in [0, 0.1) is 6.92 Å². The van der Waals surface area contributed by atoms with Crippen LogP contribution in [0.2, 0.25) is 0 Å². The first kappa shape index (κ1) is 17.3. The highest BCUT2D eigenvalue weighted by molar-refractivity contribution is 5.76. The van der Waals surface area contributed by atoms with Gasteiger partial charge in [-0.2, -0.15) is 0 Å². The summed E-state index contributed by atoms with van der Waals surface area (Å²) in [5.74, 6) is 0.0489. The topological polar surface area (TPSA) is 63.1 Å². The zero-order valence-electron chi connectivity index (χ0n) is 13.9. The second-order valence-corrected chi connectivity index (χ2v) is 5.82. The molecule has 0 radical (unpaired) electrons. The summed E-state index contributed by atoms with van der Waals surface area (Å²) >= 11 is 0. The molecule has 1 saturated heterocycles. The predicted octanol–water partition coefficient (Wildman–Crippen LogP) is -0.0318. The molecule has 0 aliphatic carbocycles. The molecule has 6 nitrogen and oxygen atoms in total. The van der Waals surface area contributed by atoms with E-state index in [9.17, 15) is 9.59 Å². The number of carbonyl (C=O) groups is 2. The van der Waals surface area contributed by atoms with Crippen molar-refractivity contribution in [2.24, 2.45) is 0 Å². The minimum absolute atomic E-state index is 0.0489. The predicted molar refractivity (Wildman–Crippen MR) is 87.2 cm³/mol. The van der Waals surface area contributed by atoms with Crippen molar-refractivity contribution in [3.8, 4) is 0 Å². The second-order valence-electron chi connectivity index (χ2n) is 5.82. The Bertz CT molecular complexity index is 540. The van der Waals surface area contributed by atoms with E-state index in [4.69, 9.17) is 4.74 Å². The van der Waals surface area contributed by atoms with Crippen LogP contribution < -0.4 is 10.2 Å². The van der Waals surface area contributed by atoms with E-state index in [0.717, 1.165) is 18.7 Å². The number of nitrogens with zero attached hydrogens (tertiary/aromatic N) is 1. The molecule has 6 heteroatoms. The Kier molecular flexibility index (Phi) is 6.40. The third kappa shape index (κ3) is 5.25. The summed E-state index contributed by atoms with van der Waals surface area (Å²) in [6, 6.07) is 8.05. The molecule has 2 rings (SSSR count). The van der Waals surface area contributed by atoms with Gasteiger partial charge in [0.15, 0.2) is 6.54 Å². The lowest BCUT2D eigenvalue weighted by Crippen LogP contribution is -3.15. The van der Waals surface area contributed by atoms with E-state index < -0.39 is 0 Å². The van der Waals surface area contributed by atoms with Gasteiger partial charge in [0.25, 0.3) is 5.91 Å². The lowest BCUT2D eigenvalue weighted by molar-refractivity contribution is -0.896. The number of aryl methyl sites for hydroxylation is 1. The molecule has 0 saturated carbocycles. The number of piperazine rings is 1. The molecule has 1 fully saturated rings. The van der Waals surface area contributed by atoms with E-state index in [1.807, 2.05) is 31.2 Å². The number of hydrogen-bond acceptors (Lipinski definition) is 3. The van der Waals surface area contributed by atoms with Crippen LogP contribution in [0.3, 0.4) is 0 Å². The summed E-state index contributed by atoms with van der Waals surface area (Å²) in [6.07, 6.45) is -0.254. The van der Waals surface area contributed by atoms with Gasteiger partial charge in [-0.25, -0.2) is 4.79 Å². The largest absolute Gasteiger partial charge is 0.450 e. The first-order valence-electron chi connectivity index (χ1n) is 8.16. The maximum Gasteiger partial charge on any atom is 0.410 e. The second kappa shape index (κ2) is 8.53. The summed E-state index contributed by atoms with van der Waals surface area (Å²) in [5, 5.41) is 2.98. The summed E-state index contributed by atoms with van der Waals surface area (Å²) < 4.78 is 4.99. The zero-order chi connectivity index (χ0) is 16.7. The molecular weight excluding hydrogens is 294 g/mol. The molecule has 23 heavy (non-hydrogen) atoms. The van der Waals surface area contributed by atoms with E-state index in [1.54, 1.807) is 11.8 Å². The molecule has 0 bridgehead atoms. The molecule has 1 aliphatic rings. The highest BCUT2D eigenvalue weighted by Gasteiger charge is 2.25. The number of nitrogens with one attached hydrogen (secondary N) is 2. The molecule has 2 N–H and O–H groups in total. The number of carbonyl (C=O) groups excluding carboxylic acids is 2. The first-order chi connectivity index (χ1) is 11.1. The van der Waals surface area contributed by atoms with Gasteiger partial charge in [-0.1, -0.05) is 24.3 Å². The number of benzene rings is 1. The van der Waals surface area contributed by atoms with E-state index in [-0.39, 0.29) is 12.0 Å². The Hall–Kier alpha value is -2.08. The average molecular weight is 320 g/mol. The van der Waals surface area contributed by atoms with Crippen LogP contribution in [0.15, 0.2) is 24.3 Å².